The van der Waals surface area contributed by atoms with E-state index in [2.05, 4.69) is 0 Å². The molecule has 1 fully saturated rings. The molecule has 2 heterocycles. The molecule has 1 atom stereocenters. The Morgan fingerprint density at radius 3 is 2.72 bits per heavy atom. The summed E-state index contributed by atoms with van der Waals surface area (Å²) in [6, 6.07) is 14.1. The average molecular weight is 336 g/mol. The predicted molar refractivity (Wildman–Crippen MR) is 96.6 cm³/mol. The van der Waals surface area contributed by atoms with E-state index in [9.17, 15) is 4.79 Å². The van der Waals surface area contributed by atoms with Gasteiger partial charge in [-0.25, -0.2) is 0 Å². The maximum Gasteiger partial charge on any atom is 0.239 e. The number of carbonyl (C=O) groups is 1. The van der Waals surface area contributed by atoms with Gasteiger partial charge in [0.05, 0.1) is 12.0 Å². The standard InChI is InChI=1S/C21H24N2O2/c24-21(17-14-16-8-4-5-11-19(16)25-15-17)23-13-7-6-12-20(23)22-18-9-2-1-3-10-18/h4-8,11-13,17-18H,1-3,9-10,14-15H2. The van der Waals surface area contributed by atoms with Gasteiger partial charge in [0.25, 0.3) is 0 Å². The zero-order valence-electron chi connectivity index (χ0n) is 14.4. The van der Waals surface area contributed by atoms with Crippen LogP contribution in [0.2, 0.25) is 0 Å². The van der Waals surface area contributed by atoms with E-state index in [1.54, 1.807) is 4.57 Å². The van der Waals surface area contributed by atoms with Crippen molar-refractivity contribution in [2.75, 3.05) is 6.61 Å². The Balaban J connectivity index is 1.60. The van der Waals surface area contributed by atoms with Crippen LogP contribution in [0.1, 0.15) is 42.5 Å². The number of hydrogen-bond donors (Lipinski definition) is 0. The van der Waals surface area contributed by atoms with Crippen molar-refractivity contribution < 1.29 is 9.53 Å². The fourth-order valence-electron chi connectivity index (χ4n) is 3.81. The normalized spacial score (nSPS) is 21.4. The summed E-state index contributed by atoms with van der Waals surface area (Å²) < 4.78 is 7.52. The summed E-state index contributed by atoms with van der Waals surface area (Å²) in [4.78, 5) is 18.0. The molecule has 1 aromatic carbocycles. The van der Waals surface area contributed by atoms with Gasteiger partial charge in [0.2, 0.25) is 5.91 Å². The highest BCUT2D eigenvalue weighted by atomic mass is 16.5. The summed E-state index contributed by atoms with van der Waals surface area (Å²) in [5.41, 5.74) is 1.88. The van der Waals surface area contributed by atoms with Gasteiger partial charge in [-0.2, -0.15) is 0 Å². The first kappa shape index (κ1) is 16.1. The maximum atomic E-state index is 13.1. The number of hydrogen-bond acceptors (Lipinski definition) is 3. The molecule has 4 heteroatoms. The summed E-state index contributed by atoms with van der Waals surface area (Å²) in [5.74, 6) is 0.809. The van der Waals surface area contributed by atoms with E-state index in [0.29, 0.717) is 12.6 Å². The van der Waals surface area contributed by atoms with Crippen LogP contribution in [0.5, 0.6) is 5.75 Å². The van der Waals surface area contributed by atoms with Crippen LogP contribution in [-0.2, 0) is 6.42 Å². The van der Waals surface area contributed by atoms with Crippen molar-refractivity contribution in [1.82, 2.24) is 4.57 Å². The first-order valence-electron chi connectivity index (χ1n) is 9.28. The molecule has 1 aliphatic carbocycles. The summed E-state index contributed by atoms with van der Waals surface area (Å²) in [5, 5.41) is 0. The number of fused-ring (bicyclic) bond motifs is 1. The molecule has 4 rings (SSSR count). The van der Waals surface area contributed by atoms with E-state index in [-0.39, 0.29) is 11.8 Å². The third-order valence-corrected chi connectivity index (χ3v) is 5.19. The minimum atomic E-state index is -0.164. The Morgan fingerprint density at radius 2 is 1.84 bits per heavy atom. The lowest BCUT2D eigenvalue weighted by Gasteiger charge is -2.25. The van der Waals surface area contributed by atoms with Gasteiger partial charge in [0.1, 0.15) is 17.8 Å². The zero-order valence-corrected chi connectivity index (χ0v) is 14.4. The molecular formula is C21H24N2O2. The molecule has 2 aliphatic rings. The molecule has 0 saturated heterocycles. The maximum absolute atomic E-state index is 13.1. The van der Waals surface area contributed by atoms with Crippen LogP contribution in [0, 0.1) is 5.92 Å². The Bertz CT molecular complexity index is 818. The summed E-state index contributed by atoms with van der Waals surface area (Å²) >= 11 is 0. The van der Waals surface area contributed by atoms with Gasteiger partial charge in [-0.3, -0.25) is 14.4 Å². The first-order chi connectivity index (χ1) is 12.3. The lowest BCUT2D eigenvalue weighted by molar-refractivity contribution is 0.0760. The number of pyridine rings is 1. The van der Waals surface area contributed by atoms with Crippen molar-refractivity contribution in [3.05, 3.63) is 59.7 Å². The van der Waals surface area contributed by atoms with Crippen molar-refractivity contribution in [2.45, 2.75) is 44.6 Å². The van der Waals surface area contributed by atoms with E-state index in [4.69, 9.17) is 9.73 Å². The van der Waals surface area contributed by atoms with Gasteiger partial charge in [0, 0.05) is 6.20 Å². The fraction of sp³-hybridized carbons (Fsp3) is 0.429. The highest BCUT2D eigenvalue weighted by Gasteiger charge is 2.27. The van der Waals surface area contributed by atoms with E-state index in [1.807, 2.05) is 48.7 Å². The molecule has 2 aromatic rings. The molecule has 0 amide bonds. The minimum Gasteiger partial charge on any atom is -0.492 e. The first-order valence-corrected chi connectivity index (χ1v) is 9.28. The van der Waals surface area contributed by atoms with Crippen LogP contribution < -0.4 is 10.2 Å². The van der Waals surface area contributed by atoms with Gasteiger partial charge in [-0.1, -0.05) is 43.5 Å². The smallest absolute Gasteiger partial charge is 0.239 e. The molecule has 25 heavy (non-hydrogen) atoms. The molecule has 4 nitrogen and oxygen atoms in total. The lowest BCUT2D eigenvalue weighted by Crippen LogP contribution is -2.37. The van der Waals surface area contributed by atoms with Crippen LogP contribution in [0.15, 0.2) is 53.7 Å². The summed E-state index contributed by atoms with van der Waals surface area (Å²) in [6.07, 6.45) is 8.60. The van der Waals surface area contributed by atoms with Crippen LogP contribution in [0.25, 0.3) is 0 Å². The highest BCUT2D eigenvalue weighted by Crippen LogP contribution is 2.27. The van der Waals surface area contributed by atoms with E-state index >= 15 is 0 Å². The average Bonchev–Trinajstić information content (AvgIpc) is 2.68. The minimum absolute atomic E-state index is 0.0738. The highest BCUT2D eigenvalue weighted by molar-refractivity contribution is 5.82. The van der Waals surface area contributed by atoms with E-state index in [0.717, 1.165) is 36.1 Å². The van der Waals surface area contributed by atoms with Crippen molar-refractivity contribution >= 4 is 5.91 Å². The lowest BCUT2D eigenvalue weighted by atomic mass is 9.95. The number of benzene rings is 1. The third-order valence-electron chi connectivity index (χ3n) is 5.19. The largest absolute Gasteiger partial charge is 0.492 e. The number of carbonyl (C=O) groups excluding carboxylic acids is 1. The zero-order chi connectivity index (χ0) is 17.1. The van der Waals surface area contributed by atoms with Crippen molar-refractivity contribution in [2.24, 2.45) is 10.9 Å². The van der Waals surface area contributed by atoms with E-state index in [1.165, 1.54) is 19.3 Å². The van der Waals surface area contributed by atoms with Crippen LogP contribution in [0.3, 0.4) is 0 Å². The van der Waals surface area contributed by atoms with Gasteiger partial charge < -0.3 is 4.74 Å². The second-order valence-electron chi connectivity index (χ2n) is 7.01. The Hall–Kier alpha value is -2.36. The van der Waals surface area contributed by atoms with Crippen LogP contribution >= 0.6 is 0 Å². The fourth-order valence-corrected chi connectivity index (χ4v) is 3.81. The van der Waals surface area contributed by atoms with Crippen molar-refractivity contribution in [3.8, 4) is 5.75 Å². The molecule has 1 aliphatic heterocycles. The van der Waals surface area contributed by atoms with Gasteiger partial charge >= 0.3 is 0 Å². The summed E-state index contributed by atoms with van der Waals surface area (Å²) in [7, 11) is 0. The van der Waals surface area contributed by atoms with Gasteiger partial charge in [0.15, 0.2) is 0 Å². The third kappa shape index (κ3) is 3.53. The molecule has 0 radical (unpaired) electrons. The number of para-hydroxylation sites is 1. The molecule has 1 aromatic heterocycles. The van der Waals surface area contributed by atoms with Crippen molar-refractivity contribution in [3.63, 3.8) is 0 Å². The SMILES string of the molecule is O=C(C1COc2ccccc2C1)n1ccccc1=NC1CCCCC1. The number of rotatable bonds is 2. The van der Waals surface area contributed by atoms with Crippen LogP contribution in [0.4, 0.5) is 0 Å². The Kier molecular flexibility index (Phi) is 4.68. The monoisotopic (exact) mass is 336 g/mol. The number of ether oxygens (including phenoxy) is 1. The quantitative estimate of drug-likeness (QED) is 0.841. The number of nitrogens with zero attached hydrogens (tertiary/aromatic N) is 2. The number of aromatic nitrogens is 1. The van der Waals surface area contributed by atoms with E-state index < -0.39 is 0 Å². The Morgan fingerprint density at radius 1 is 1.04 bits per heavy atom. The topological polar surface area (TPSA) is 43.6 Å². The molecule has 0 N–H and O–H groups in total. The second kappa shape index (κ2) is 7.26. The molecule has 0 spiro atoms. The van der Waals surface area contributed by atoms with Gasteiger partial charge in [-0.05, 0) is 43.0 Å². The molecule has 1 saturated carbocycles. The summed E-state index contributed by atoms with van der Waals surface area (Å²) in [6.45, 7) is 0.431. The molecule has 0 bridgehead atoms. The molecular weight excluding hydrogens is 312 g/mol. The van der Waals surface area contributed by atoms with Crippen LogP contribution in [-0.4, -0.2) is 23.1 Å². The second-order valence-corrected chi connectivity index (χ2v) is 7.01. The van der Waals surface area contributed by atoms with Gasteiger partial charge in [-0.15, -0.1) is 0 Å². The predicted octanol–water partition coefficient (Wildman–Crippen LogP) is 3.61. The molecule has 1 unspecified atom stereocenters. The Labute approximate surface area is 148 Å². The molecule has 130 valence electrons. The van der Waals surface area contributed by atoms with Crippen molar-refractivity contribution in [1.29, 1.82) is 0 Å².